The van der Waals surface area contributed by atoms with Crippen LogP contribution in [0.3, 0.4) is 0 Å². The summed E-state index contributed by atoms with van der Waals surface area (Å²) in [6.45, 7) is 3.54. The average Bonchev–Trinajstić information content (AvgIpc) is 2.93. The first-order chi connectivity index (χ1) is 11.1. The van der Waals surface area contributed by atoms with Gasteiger partial charge in [0.05, 0.1) is 19.0 Å². The van der Waals surface area contributed by atoms with Crippen LogP contribution in [0.25, 0.3) is 0 Å². The van der Waals surface area contributed by atoms with Crippen LogP contribution in [0.1, 0.15) is 29.2 Å². The van der Waals surface area contributed by atoms with E-state index >= 15 is 0 Å². The van der Waals surface area contributed by atoms with Gasteiger partial charge < -0.3 is 9.88 Å². The number of hydrogen-bond donors (Lipinski definition) is 1. The predicted molar refractivity (Wildman–Crippen MR) is 82.8 cm³/mol. The Hall–Kier alpha value is -2.44. The number of aromatic nitrogens is 4. The number of pyridine rings is 1. The van der Waals surface area contributed by atoms with Crippen LogP contribution in [0.5, 0.6) is 0 Å². The van der Waals surface area contributed by atoms with Crippen LogP contribution in [0, 0.1) is 12.8 Å². The van der Waals surface area contributed by atoms with Gasteiger partial charge in [-0.25, -0.2) is 9.67 Å². The number of carbonyl (C=O) groups is 1. The van der Waals surface area contributed by atoms with E-state index in [4.69, 9.17) is 0 Å². The van der Waals surface area contributed by atoms with E-state index in [1.165, 1.54) is 0 Å². The molecule has 7 nitrogen and oxygen atoms in total. The highest BCUT2D eigenvalue weighted by atomic mass is 16.2. The van der Waals surface area contributed by atoms with Crippen molar-refractivity contribution in [1.82, 2.24) is 24.6 Å². The van der Waals surface area contributed by atoms with Crippen LogP contribution in [-0.2, 0) is 30.7 Å². The van der Waals surface area contributed by atoms with Crippen molar-refractivity contribution in [3.05, 3.63) is 45.4 Å². The van der Waals surface area contributed by atoms with Gasteiger partial charge in [0, 0.05) is 24.7 Å². The van der Waals surface area contributed by atoms with Crippen LogP contribution in [-0.4, -0.2) is 37.1 Å². The Bertz CT molecular complexity index is 822. The minimum atomic E-state index is -0.0853. The summed E-state index contributed by atoms with van der Waals surface area (Å²) in [4.78, 5) is 33.7. The summed E-state index contributed by atoms with van der Waals surface area (Å²) in [5.74, 6) is 1.77. The highest BCUT2D eigenvalue weighted by molar-refractivity contribution is 5.79. The van der Waals surface area contributed by atoms with Gasteiger partial charge in [-0.3, -0.25) is 9.59 Å². The number of aryl methyl sites for hydroxylation is 2. The molecule has 2 aliphatic rings. The van der Waals surface area contributed by atoms with Gasteiger partial charge in [0.25, 0.3) is 5.56 Å². The van der Waals surface area contributed by atoms with Crippen LogP contribution in [0.2, 0.25) is 0 Å². The summed E-state index contributed by atoms with van der Waals surface area (Å²) in [5, 5.41) is 4.36. The Labute approximate surface area is 133 Å². The minimum Gasteiger partial charge on any atom is -0.338 e. The monoisotopic (exact) mass is 313 g/mol. The molecule has 1 atom stereocenters. The number of carbonyl (C=O) groups excluding carboxylic acids is 1. The van der Waals surface area contributed by atoms with Crippen molar-refractivity contribution in [2.45, 2.75) is 39.3 Å². The molecule has 0 radical (unpaired) electrons. The fourth-order valence-corrected chi connectivity index (χ4v) is 3.57. The molecule has 0 saturated carbocycles. The second-order valence-electron chi connectivity index (χ2n) is 6.31. The summed E-state index contributed by atoms with van der Waals surface area (Å²) < 4.78 is 1.85. The summed E-state index contributed by atoms with van der Waals surface area (Å²) in [6.07, 6.45) is 3.99. The summed E-state index contributed by atoms with van der Waals surface area (Å²) >= 11 is 0. The van der Waals surface area contributed by atoms with E-state index in [0.717, 1.165) is 42.0 Å². The lowest BCUT2D eigenvalue weighted by Crippen LogP contribution is -2.44. The van der Waals surface area contributed by atoms with Gasteiger partial charge in [-0.2, -0.15) is 5.10 Å². The first kappa shape index (κ1) is 14.2. The molecular weight excluding hydrogens is 294 g/mol. The zero-order chi connectivity index (χ0) is 16.0. The molecule has 0 aliphatic carbocycles. The standard InChI is InChI=1S/C16H19N5O2/c1-10-18-14-3-2-12(8-21(14)19-10)16(23)20-7-5-11-4-6-17-15(22)13(11)9-20/h4,6,12H,2-3,5,7-9H2,1H3,(H,17,22). The highest BCUT2D eigenvalue weighted by Gasteiger charge is 2.31. The van der Waals surface area contributed by atoms with E-state index in [9.17, 15) is 9.59 Å². The number of nitrogens with one attached hydrogen (secondary N) is 1. The zero-order valence-corrected chi connectivity index (χ0v) is 13.1. The van der Waals surface area contributed by atoms with Crippen molar-refractivity contribution in [2.75, 3.05) is 6.54 Å². The maximum absolute atomic E-state index is 12.8. The topological polar surface area (TPSA) is 83.9 Å². The zero-order valence-electron chi connectivity index (χ0n) is 13.1. The molecule has 120 valence electrons. The van der Waals surface area contributed by atoms with Gasteiger partial charge >= 0.3 is 0 Å². The predicted octanol–water partition coefficient (Wildman–Crippen LogP) is 0.422. The number of hydrogen-bond acceptors (Lipinski definition) is 4. The van der Waals surface area contributed by atoms with E-state index in [1.807, 2.05) is 22.6 Å². The minimum absolute atomic E-state index is 0.0760. The van der Waals surface area contributed by atoms with Crippen molar-refractivity contribution in [1.29, 1.82) is 0 Å². The first-order valence-corrected chi connectivity index (χ1v) is 8.00. The lowest BCUT2D eigenvalue weighted by atomic mass is 9.95. The number of aromatic amines is 1. The van der Waals surface area contributed by atoms with E-state index < -0.39 is 0 Å². The van der Waals surface area contributed by atoms with E-state index in [0.29, 0.717) is 19.6 Å². The fourth-order valence-electron chi connectivity index (χ4n) is 3.57. The fraction of sp³-hybridized carbons (Fsp3) is 0.500. The average molecular weight is 313 g/mol. The second kappa shape index (κ2) is 5.33. The molecule has 2 aromatic rings. The summed E-state index contributed by atoms with van der Waals surface area (Å²) in [6, 6.07) is 1.93. The smallest absolute Gasteiger partial charge is 0.253 e. The molecule has 1 N–H and O–H groups in total. The molecule has 1 unspecified atom stereocenters. The molecule has 1 amide bonds. The van der Waals surface area contributed by atoms with Crippen molar-refractivity contribution in [3.8, 4) is 0 Å². The van der Waals surface area contributed by atoms with Gasteiger partial charge in [-0.15, -0.1) is 0 Å². The third kappa shape index (κ3) is 2.46. The van der Waals surface area contributed by atoms with Crippen LogP contribution in [0.15, 0.2) is 17.1 Å². The molecule has 7 heteroatoms. The van der Waals surface area contributed by atoms with Gasteiger partial charge in [0.15, 0.2) is 0 Å². The molecule has 23 heavy (non-hydrogen) atoms. The largest absolute Gasteiger partial charge is 0.338 e. The lowest BCUT2D eigenvalue weighted by Gasteiger charge is -2.32. The Morgan fingerprint density at radius 1 is 1.39 bits per heavy atom. The number of amides is 1. The summed E-state index contributed by atoms with van der Waals surface area (Å²) in [7, 11) is 0. The molecule has 0 saturated heterocycles. The number of nitrogens with zero attached hydrogens (tertiary/aromatic N) is 4. The number of fused-ring (bicyclic) bond motifs is 2. The van der Waals surface area contributed by atoms with Crippen molar-refractivity contribution in [2.24, 2.45) is 5.92 Å². The Morgan fingerprint density at radius 3 is 3.13 bits per heavy atom. The molecule has 2 aliphatic heterocycles. The normalized spacial score (nSPS) is 20.0. The highest BCUT2D eigenvalue weighted by Crippen LogP contribution is 2.23. The van der Waals surface area contributed by atoms with Gasteiger partial charge in [-0.1, -0.05) is 0 Å². The van der Waals surface area contributed by atoms with Crippen LogP contribution >= 0.6 is 0 Å². The van der Waals surface area contributed by atoms with E-state index in [2.05, 4.69) is 15.1 Å². The van der Waals surface area contributed by atoms with E-state index in [1.54, 1.807) is 6.20 Å². The quantitative estimate of drug-likeness (QED) is 0.827. The van der Waals surface area contributed by atoms with Gasteiger partial charge in [0.2, 0.25) is 5.91 Å². The molecule has 4 heterocycles. The lowest BCUT2D eigenvalue weighted by molar-refractivity contribution is -0.137. The number of rotatable bonds is 1. The Morgan fingerprint density at radius 2 is 2.26 bits per heavy atom. The van der Waals surface area contributed by atoms with Crippen LogP contribution in [0.4, 0.5) is 0 Å². The van der Waals surface area contributed by atoms with Crippen molar-refractivity contribution >= 4 is 5.91 Å². The SMILES string of the molecule is Cc1nc2n(n1)CC(C(=O)N1CCc3cc[nH]c(=O)c3C1)CC2. The van der Waals surface area contributed by atoms with Crippen molar-refractivity contribution < 1.29 is 4.79 Å². The molecule has 0 spiro atoms. The first-order valence-electron chi connectivity index (χ1n) is 8.00. The molecule has 4 rings (SSSR count). The van der Waals surface area contributed by atoms with Crippen LogP contribution < -0.4 is 5.56 Å². The Balaban J connectivity index is 1.52. The van der Waals surface area contributed by atoms with Crippen molar-refractivity contribution in [3.63, 3.8) is 0 Å². The summed E-state index contributed by atoms with van der Waals surface area (Å²) in [5.41, 5.74) is 1.69. The maximum Gasteiger partial charge on any atom is 0.253 e. The van der Waals surface area contributed by atoms with E-state index in [-0.39, 0.29) is 17.4 Å². The third-order valence-electron chi connectivity index (χ3n) is 4.79. The second-order valence-corrected chi connectivity index (χ2v) is 6.31. The van der Waals surface area contributed by atoms with Gasteiger partial charge in [0.1, 0.15) is 11.6 Å². The molecular formula is C16H19N5O2. The molecule has 0 fully saturated rings. The number of H-pyrrole nitrogens is 1. The van der Waals surface area contributed by atoms with Gasteiger partial charge in [-0.05, 0) is 31.4 Å². The third-order valence-corrected chi connectivity index (χ3v) is 4.79. The molecule has 0 bridgehead atoms. The Kier molecular flexibility index (Phi) is 3.28. The maximum atomic E-state index is 12.8. The molecule has 0 aromatic carbocycles. The molecule has 2 aromatic heterocycles.